The molecule has 1 aliphatic heterocycles. The molecule has 3 heteroatoms. The molecule has 0 bridgehead atoms. The molecule has 0 aromatic rings. The van der Waals surface area contributed by atoms with Gasteiger partial charge in [-0.15, -0.1) is 0 Å². The highest BCUT2D eigenvalue weighted by Gasteiger charge is 2.41. The number of ether oxygens (including phenoxy) is 2. The van der Waals surface area contributed by atoms with Gasteiger partial charge in [-0.1, -0.05) is 20.8 Å². The van der Waals surface area contributed by atoms with Crippen LogP contribution in [0.1, 0.15) is 40.0 Å². The first-order valence-electron chi connectivity index (χ1n) is 5.54. The van der Waals surface area contributed by atoms with E-state index in [-0.39, 0.29) is 12.0 Å². The zero-order chi connectivity index (χ0) is 10.7. The van der Waals surface area contributed by atoms with Gasteiger partial charge in [0.1, 0.15) is 0 Å². The predicted octanol–water partition coefficient (Wildman–Crippen LogP) is 1.94. The van der Waals surface area contributed by atoms with Crippen molar-refractivity contribution in [3.63, 3.8) is 0 Å². The summed E-state index contributed by atoms with van der Waals surface area (Å²) in [5, 5.41) is 9.30. The number of rotatable bonds is 4. The maximum Gasteiger partial charge on any atom is 0.167 e. The van der Waals surface area contributed by atoms with Crippen LogP contribution >= 0.6 is 0 Å². The van der Waals surface area contributed by atoms with E-state index in [2.05, 4.69) is 20.8 Å². The topological polar surface area (TPSA) is 38.7 Å². The third kappa shape index (κ3) is 2.10. The van der Waals surface area contributed by atoms with Crippen LogP contribution in [0.4, 0.5) is 0 Å². The van der Waals surface area contributed by atoms with Gasteiger partial charge in [0.2, 0.25) is 0 Å². The smallest absolute Gasteiger partial charge is 0.167 e. The molecule has 0 saturated carbocycles. The first kappa shape index (κ1) is 12.0. The van der Waals surface area contributed by atoms with Crippen LogP contribution in [0.5, 0.6) is 0 Å². The van der Waals surface area contributed by atoms with Gasteiger partial charge in [-0.05, 0) is 19.3 Å². The van der Waals surface area contributed by atoms with Gasteiger partial charge in [0, 0.05) is 5.41 Å². The molecule has 1 aliphatic rings. The summed E-state index contributed by atoms with van der Waals surface area (Å²) in [4.78, 5) is 0. The lowest BCUT2D eigenvalue weighted by Gasteiger charge is -2.44. The van der Waals surface area contributed by atoms with Crippen LogP contribution in [-0.2, 0) is 9.47 Å². The first-order chi connectivity index (χ1) is 6.66. The SMILES string of the molecule is CCC1(CO)COC(CC)(CC)OC1. The number of aliphatic hydroxyl groups is 1. The minimum atomic E-state index is -0.395. The van der Waals surface area contributed by atoms with Gasteiger partial charge in [0.15, 0.2) is 5.79 Å². The molecule has 0 unspecified atom stereocenters. The van der Waals surface area contributed by atoms with Crippen molar-refractivity contribution in [2.24, 2.45) is 5.41 Å². The summed E-state index contributed by atoms with van der Waals surface area (Å²) in [6.07, 6.45) is 2.64. The Morgan fingerprint density at radius 2 is 1.50 bits per heavy atom. The minimum absolute atomic E-state index is 0.146. The van der Waals surface area contributed by atoms with Crippen LogP contribution in [0.15, 0.2) is 0 Å². The van der Waals surface area contributed by atoms with Crippen LogP contribution in [0, 0.1) is 5.41 Å². The van der Waals surface area contributed by atoms with E-state index in [1.165, 1.54) is 0 Å². The van der Waals surface area contributed by atoms with Crippen molar-refractivity contribution in [3.05, 3.63) is 0 Å². The molecule has 0 atom stereocenters. The molecule has 3 nitrogen and oxygen atoms in total. The standard InChI is InChI=1S/C11H22O3/c1-4-10(7-12)8-13-11(5-2,6-3)14-9-10/h12H,4-9H2,1-3H3. The highest BCUT2D eigenvalue weighted by molar-refractivity contribution is 4.83. The van der Waals surface area contributed by atoms with E-state index in [0.717, 1.165) is 19.3 Å². The molecule has 0 radical (unpaired) electrons. The summed E-state index contributed by atoms with van der Waals surface area (Å²) in [5.41, 5.74) is -0.173. The Kier molecular flexibility index (Phi) is 3.93. The molecule has 1 rings (SSSR count). The van der Waals surface area contributed by atoms with Crippen LogP contribution in [-0.4, -0.2) is 30.7 Å². The van der Waals surface area contributed by atoms with Crippen molar-refractivity contribution in [2.45, 2.75) is 45.8 Å². The molecule has 0 aromatic carbocycles. The van der Waals surface area contributed by atoms with Crippen molar-refractivity contribution in [2.75, 3.05) is 19.8 Å². The lowest BCUT2D eigenvalue weighted by molar-refractivity contribution is -0.310. The Morgan fingerprint density at radius 1 is 1.00 bits per heavy atom. The maximum atomic E-state index is 9.30. The van der Waals surface area contributed by atoms with Crippen LogP contribution in [0.25, 0.3) is 0 Å². The second kappa shape index (κ2) is 4.60. The average molecular weight is 202 g/mol. The Labute approximate surface area is 86.4 Å². The summed E-state index contributed by atoms with van der Waals surface area (Å²) in [6, 6.07) is 0. The Balaban J connectivity index is 2.59. The monoisotopic (exact) mass is 202 g/mol. The van der Waals surface area contributed by atoms with Crippen LogP contribution in [0.2, 0.25) is 0 Å². The number of hydrogen-bond donors (Lipinski definition) is 1. The molecule has 1 heterocycles. The number of hydrogen-bond acceptors (Lipinski definition) is 3. The zero-order valence-corrected chi connectivity index (χ0v) is 9.51. The summed E-state index contributed by atoms with van der Waals surface area (Å²) in [6.45, 7) is 7.58. The van der Waals surface area contributed by atoms with Crippen molar-refractivity contribution in [1.29, 1.82) is 0 Å². The maximum absolute atomic E-state index is 9.30. The van der Waals surface area contributed by atoms with Gasteiger partial charge in [-0.2, -0.15) is 0 Å². The van der Waals surface area contributed by atoms with Crippen molar-refractivity contribution >= 4 is 0 Å². The fourth-order valence-electron chi connectivity index (χ4n) is 1.72. The van der Waals surface area contributed by atoms with Gasteiger partial charge < -0.3 is 14.6 Å². The van der Waals surface area contributed by atoms with E-state index in [9.17, 15) is 5.11 Å². The summed E-state index contributed by atoms with van der Waals surface area (Å²) in [7, 11) is 0. The molecule has 84 valence electrons. The largest absolute Gasteiger partial charge is 0.396 e. The molecule has 0 spiro atoms. The van der Waals surface area contributed by atoms with E-state index >= 15 is 0 Å². The summed E-state index contributed by atoms with van der Waals surface area (Å²) in [5.74, 6) is -0.395. The molecule has 0 aromatic heterocycles. The number of aliphatic hydroxyl groups excluding tert-OH is 1. The third-order valence-electron chi connectivity index (χ3n) is 3.45. The molecular weight excluding hydrogens is 180 g/mol. The molecule has 1 N–H and O–H groups in total. The Hall–Kier alpha value is -0.120. The lowest BCUT2D eigenvalue weighted by atomic mass is 9.86. The van der Waals surface area contributed by atoms with Crippen molar-refractivity contribution < 1.29 is 14.6 Å². The molecule has 1 saturated heterocycles. The third-order valence-corrected chi connectivity index (χ3v) is 3.45. The fourth-order valence-corrected chi connectivity index (χ4v) is 1.72. The molecule has 0 amide bonds. The van der Waals surface area contributed by atoms with Gasteiger partial charge >= 0.3 is 0 Å². The normalized spacial score (nSPS) is 24.9. The van der Waals surface area contributed by atoms with Gasteiger partial charge in [0.05, 0.1) is 19.8 Å². The summed E-state index contributed by atoms with van der Waals surface area (Å²) < 4.78 is 11.6. The van der Waals surface area contributed by atoms with Crippen molar-refractivity contribution in [3.8, 4) is 0 Å². The molecule has 1 fully saturated rings. The fraction of sp³-hybridized carbons (Fsp3) is 1.00. The molecule has 14 heavy (non-hydrogen) atoms. The van der Waals surface area contributed by atoms with Crippen molar-refractivity contribution in [1.82, 2.24) is 0 Å². The van der Waals surface area contributed by atoms with E-state index < -0.39 is 5.79 Å². The van der Waals surface area contributed by atoms with Crippen LogP contribution in [0.3, 0.4) is 0 Å². The van der Waals surface area contributed by atoms with Gasteiger partial charge in [-0.25, -0.2) is 0 Å². The zero-order valence-electron chi connectivity index (χ0n) is 9.51. The van der Waals surface area contributed by atoms with E-state index in [1.807, 2.05) is 0 Å². The highest BCUT2D eigenvalue weighted by Crippen LogP contribution is 2.35. The second-order valence-corrected chi connectivity index (χ2v) is 4.21. The Morgan fingerprint density at radius 3 is 1.79 bits per heavy atom. The molecule has 0 aliphatic carbocycles. The quantitative estimate of drug-likeness (QED) is 0.757. The second-order valence-electron chi connectivity index (χ2n) is 4.21. The Bertz CT molecular complexity index is 139. The van der Waals surface area contributed by atoms with Crippen LogP contribution < -0.4 is 0 Å². The lowest BCUT2D eigenvalue weighted by Crippen LogP contribution is -2.50. The van der Waals surface area contributed by atoms with E-state index in [1.54, 1.807) is 0 Å². The van der Waals surface area contributed by atoms with Gasteiger partial charge in [0.25, 0.3) is 0 Å². The van der Waals surface area contributed by atoms with E-state index in [0.29, 0.717) is 13.2 Å². The minimum Gasteiger partial charge on any atom is -0.396 e. The van der Waals surface area contributed by atoms with E-state index in [4.69, 9.17) is 9.47 Å². The predicted molar refractivity (Wildman–Crippen MR) is 55.0 cm³/mol. The molecular formula is C11H22O3. The van der Waals surface area contributed by atoms with Gasteiger partial charge in [-0.3, -0.25) is 0 Å². The average Bonchev–Trinajstić information content (AvgIpc) is 2.29. The highest BCUT2D eigenvalue weighted by atomic mass is 16.7. The first-order valence-corrected chi connectivity index (χ1v) is 5.54. The summed E-state index contributed by atoms with van der Waals surface area (Å²) >= 11 is 0.